The predicted molar refractivity (Wildman–Crippen MR) is 77.6 cm³/mol. The predicted octanol–water partition coefficient (Wildman–Crippen LogP) is 2.23. The zero-order valence-electron chi connectivity index (χ0n) is 11.7. The first-order valence-electron chi connectivity index (χ1n) is 6.51. The molecular formula is C15H7FN2O6. The van der Waals surface area contributed by atoms with Crippen molar-refractivity contribution in [1.82, 2.24) is 0 Å². The van der Waals surface area contributed by atoms with Crippen LogP contribution < -0.4 is 4.90 Å². The van der Waals surface area contributed by atoms with Crippen molar-refractivity contribution >= 4 is 29.2 Å². The highest BCUT2D eigenvalue weighted by atomic mass is 19.1. The summed E-state index contributed by atoms with van der Waals surface area (Å²) in [5.74, 6) is -3.98. The summed E-state index contributed by atoms with van der Waals surface area (Å²) in [6.45, 7) is 0. The Morgan fingerprint density at radius 2 is 1.75 bits per heavy atom. The summed E-state index contributed by atoms with van der Waals surface area (Å²) in [5, 5.41) is 19.8. The standard InChI is InChI=1S/C15H7FN2O6/c16-11-4-2-8(6-12(11)18(23)24)17-13(19)9-3-1-7(15(21)22)5-10(9)14(17)20/h1-6H,(H,21,22). The molecule has 2 aromatic carbocycles. The number of fused-ring (bicyclic) bond motifs is 1. The van der Waals surface area contributed by atoms with Gasteiger partial charge in [0.1, 0.15) is 0 Å². The Bertz CT molecular complexity index is 940. The molecule has 0 saturated carbocycles. The number of nitro benzene ring substituents is 1. The first-order valence-corrected chi connectivity index (χ1v) is 6.51. The minimum Gasteiger partial charge on any atom is -0.478 e. The smallest absolute Gasteiger partial charge is 0.335 e. The molecule has 9 heteroatoms. The number of nitro groups is 1. The Kier molecular flexibility index (Phi) is 3.33. The molecule has 0 bridgehead atoms. The van der Waals surface area contributed by atoms with Gasteiger partial charge in [-0.25, -0.2) is 9.69 Å². The van der Waals surface area contributed by atoms with Crippen molar-refractivity contribution in [3.63, 3.8) is 0 Å². The molecule has 24 heavy (non-hydrogen) atoms. The van der Waals surface area contributed by atoms with E-state index in [9.17, 15) is 28.9 Å². The summed E-state index contributed by atoms with van der Waals surface area (Å²) in [5.41, 5.74) is -1.40. The second-order valence-electron chi connectivity index (χ2n) is 4.90. The largest absolute Gasteiger partial charge is 0.478 e. The van der Waals surface area contributed by atoms with Crippen molar-refractivity contribution in [3.05, 3.63) is 69.0 Å². The molecule has 1 aliphatic rings. The van der Waals surface area contributed by atoms with Gasteiger partial charge >= 0.3 is 11.7 Å². The molecule has 1 aliphatic heterocycles. The molecule has 2 amide bonds. The molecule has 0 saturated heterocycles. The number of rotatable bonds is 3. The van der Waals surface area contributed by atoms with Gasteiger partial charge < -0.3 is 5.11 Å². The van der Waals surface area contributed by atoms with Crippen molar-refractivity contribution in [2.45, 2.75) is 0 Å². The Morgan fingerprint density at radius 3 is 2.38 bits per heavy atom. The summed E-state index contributed by atoms with van der Waals surface area (Å²) in [4.78, 5) is 46.2. The number of anilines is 1. The Balaban J connectivity index is 2.10. The molecule has 8 nitrogen and oxygen atoms in total. The van der Waals surface area contributed by atoms with Crippen molar-refractivity contribution in [2.24, 2.45) is 0 Å². The highest BCUT2D eigenvalue weighted by Crippen LogP contribution is 2.32. The fraction of sp³-hybridized carbons (Fsp3) is 0. The van der Waals surface area contributed by atoms with Crippen LogP contribution in [0.5, 0.6) is 0 Å². The maximum Gasteiger partial charge on any atom is 0.335 e. The second-order valence-corrected chi connectivity index (χ2v) is 4.90. The number of carboxylic acid groups (broad SMARTS) is 1. The van der Waals surface area contributed by atoms with E-state index in [1.165, 1.54) is 12.1 Å². The average molecular weight is 330 g/mol. The highest BCUT2D eigenvalue weighted by molar-refractivity contribution is 6.34. The summed E-state index contributed by atoms with van der Waals surface area (Å²) in [7, 11) is 0. The van der Waals surface area contributed by atoms with E-state index >= 15 is 0 Å². The Morgan fingerprint density at radius 1 is 1.08 bits per heavy atom. The van der Waals surface area contributed by atoms with E-state index in [-0.39, 0.29) is 22.4 Å². The van der Waals surface area contributed by atoms with Crippen LogP contribution in [0.1, 0.15) is 31.1 Å². The van der Waals surface area contributed by atoms with Gasteiger partial charge in [0, 0.05) is 6.07 Å². The summed E-state index contributed by atoms with van der Waals surface area (Å²) in [6.07, 6.45) is 0. The summed E-state index contributed by atoms with van der Waals surface area (Å²) >= 11 is 0. The maximum absolute atomic E-state index is 13.4. The van der Waals surface area contributed by atoms with Gasteiger partial charge in [0.15, 0.2) is 0 Å². The lowest BCUT2D eigenvalue weighted by Crippen LogP contribution is -2.29. The van der Waals surface area contributed by atoms with Gasteiger partial charge in [-0.3, -0.25) is 19.7 Å². The van der Waals surface area contributed by atoms with Gasteiger partial charge in [-0.1, -0.05) is 0 Å². The number of carbonyl (C=O) groups excluding carboxylic acids is 2. The highest BCUT2D eigenvalue weighted by Gasteiger charge is 2.38. The second kappa shape index (κ2) is 5.23. The number of nitrogens with zero attached hydrogens (tertiary/aromatic N) is 2. The van der Waals surface area contributed by atoms with Crippen molar-refractivity contribution < 1.29 is 28.8 Å². The van der Waals surface area contributed by atoms with Gasteiger partial charge in [-0.05, 0) is 30.3 Å². The van der Waals surface area contributed by atoms with Crippen LogP contribution >= 0.6 is 0 Å². The van der Waals surface area contributed by atoms with Crippen LogP contribution in [-0.2, 0) is 0 Å². The van der Waals surface area contributed by atoms with E-state index in [0.717, 1.165) is 24.3 Å². The minimum atomic E-state index is -1.27. The molecular weight excluding hydrogens is 323 g/mol. The summed E-state index contributed by atoms with van der Waals surface area (Å²) < 4.78 is 13.4. The monoisotopic (exact) mass is 330 g/mol. The molecule has 120 valence electrons. The van der Waals surface area contributed by atoms with Gasteiger partial charge in [-0.2, -0.15) is 4.39 Å². The van der Waals surface area contributed by atoms with Crippen LogP contribution in [-0.4, -0.2) is 27.8 Å². The fourth-order valence-corrected chi connectivity index (χ4v) is 2.39. The van der Waals surface area contributed by atoms with Crippen molar-refractivity contribution in [1.29, 1.82) is 0 Å². The molecule has 0 atom stereocenters. The number of halogens is 1. The normalized spacial score (nSPS) is 13.1. The first kappa shape index (κ1) is 15.3. The number of amides is 2. The molecule has 3 rings (SSSR count). The van der Waals surface area contributed by atoms with E-state index in [1.807, 2.05) is 0 Å². The van der Waals surface area contributed by atoms with Crippen LogP contribution in [0.15, 0.2) is 36.4 Å². The lowest BCUT2D eigenvalue weighted by Gasteiger charge is -2.13. The third kappa shape index (κ3) is 2.19. The van der Waals surface area contributed by atoms with Crippen molar-refractivity contribution in [3.8, 4) is 0 Å². The van der Waals surface area contributed by atoms with Gasteiger partial charge in [-0.15, -0.1) is 0 Å². The van der Waals surface area contributed by atoms with E-state index in [1.54, 1.807) is 0 Å². The number of aromatic carboxylic acids is 1. The molecule has 0 radical (unpaired) electrons. The third-order valence-corrected chi connectivity index (χ3v) is 3.52. The summed E-state index contributed by atoms with van der Waals surface area (Å²) in [6, 6.07) is 6.02. The van der Waals surface area contributed by atoms with Gasteiger partial charge in [0.25, 0.3) is 11.8 Å². The number of hydrogen-bond acceptors (Lipinski definition) is 5. The van der Waals surface area contributed by atoms with E-state index < -0.39 is 34.2 Å². The molecule has 2 aromatic rings. The third-order valence-electron chi connectivity index (χ3n) is 3.52. The molecule has 1 N–H and O–H groups in total. The molecule has 0 aromatic heterocycles. The molecule has 0 spiro atoms. The van der Waals surface area contributed by atoms with Crippen LogP contribution in [0.4, 0.5) is 15.8 Å². The topological polar surface area (TPSA) is 118 Å². The van der Waals surface area contributed by atoms with Crippen molar-refractivity contribution in [2.75, 3.05) is 4.90 Å². The van der Waals surface area contributed by atoms with E-state index in [4.69, 9.17) is 5.11 Å². The number of carboxylic acids is 1. The Labute approximate surface area is 132 Å². The van der Waals surface area contributed by atoms with Gasteiger partial charge in [0.2, 0.25) is 5.82 Å². The SMILES string of the molecule is O=C(O)c1ccc2c(c1)C(=O)N(c1ccc(F)c([N+](=O)[O-])c1)C2=O. The fourth-order valence-electron chi connectivity index (χ4n) is 2.39. The van der Waals surface area contributed by atoms with E-state index in [0.29, 0.717) is 4.90 Å². The maximum atomic E-state index is 13.4. The quantitative estimate of drug-likeness (QED) is 0.524. The first-order chi connectivity index (χ1) is 11.3. The Hall–Kier alpha value is -3.62. The minimum absolute atomic E-state index is 0.0306. The number of benzene rings is 2. The van der Waals surface area contributed by atoms with Gasteiger partial charge in [0.05, 0.1) is 27.3 Å². The molecule has 0 aliphatic carbocycles. The zero-order valence-corrected chi connectivity index (χ0v) is 11.7. The van der Waals surface area contributed by atoms with E-state index in [2.05, 4.69) is 0 Å². The molecule has 1 heterocycles. The zero-order chi connectivity index (χ0) is 17.6. The van der Waals surface area contributed by atoms with Crippen LogP contribution in [0.3, 0.4) is 0 Å². The average Bonchev–Trinajstić information content (AvgIpc) is 2.79. The van der Waals surface area contributed by atoms with Crippen LogP contribution in [0.2, 0.25) is 0 Å². The number of carbonyl (C=O) groups is 3. The van der Waals surface area contributed by atoms with Crippen LogP contribution in [0, 0.1) is 15.9 Å². The molecule has 0 fully saturated rings. The molecule has 0 unspecified atom stereocenters. The lowest BCUT2D eigenvalue weighted by atomic mass is 10.1. The lowest BCUT2D eigenvalue weighted by molar-refractivity contribution is -0.387. The van der Waals surface area contributed by atoms with Crippen LogP contribution in [0.25, 0.3) is 0 Å². The number of imide groups is 1. The number of hydrogen-bond donors (Lipinski definition) is 1.